The summed E-state index contributed by atoms with van der Waals surface area (Å²) >= 11 is 0. The van der Waals surface area contributed by atoms with Crippen molar-refractivity contribution in [3.05, 3.63) is 64.5 Å². The molecule has 0 aliphatic carbocycles. The minimum atomic E-state index is -2.41. The van der Waals surface area contributed by atoms with Gasteiger partial charge in [-0.2, -0.15) is 0 Å². The minimum absolute atomic E-state index is 0.257. The standard InChI is InChI=1S/C29H31F5N4O7/c1-11-25(40)15(10-14-18(30)20(32)22(34)21(33)19(14)31)36-27(42)23(37-26(41)13-6-4-5-7-16(13)39)12(2)35-28(43)24(17-8-9-45-17)38(3)29(11)44/h4-7,11-12,15,17,23-25,39-40H,8-10H2,1-3H3,(H,35,43)(H,36,42)(H,37,41)/t11-,12-,15+,17?,23+,24?,25+/m1/s1. The molecule has 244 valence electrons. The van der Waals surface area contributed by atoms with Crippen LogP contribution in [0.25, 0.3) is 0 Å². The molecule has 0 saturated carbocycles. The van der Waals surface area contributed by atoms with Gasteiger partial charge in [-0.1, -0.05) is 19.1 Å². The number of benzene rings is 2. The molecule has 0 aromatic heterocycles. The van der Waals surface area contributed by atoms with Crippen LogP contribution in [0.1, 0.15) is 36.2 Å². The first-order chi connectivity index (χ1) is 21.1. The van der Waals surface area contributed by atoms with Gasteiger partial charge in [0.25, 0.3) is 5.91 Å². The fourth-order valence-electron chi connectivity index (χ4n) is 5.32. The molecule has 0 spiro atoms. The lowest BCUT2D eigenvalue weighted by molar-refractivity contribution is -0.159. The molecule has 2 aliphatic rings. The lowest BCUT2D eigenvalue weighted by Crippen LogP contribution is -2.66. The number of carbonyl (C=O) groups excluding carboxylic acids is 4. The smallest absolute Gasteiger partial charge is 0.255 e. The zero-order valence-corrected chi connectivity index (χ0v) is 24.2. The second-order valence-electron chi connectivity index (χ2n) is 11.0. The van der Waals surface area contributed by atoms with Gasteiger partial charge >= 0.3 is 0 Å². The Morgan fingerprint density at radius 2 is 1.56 bits per heavy atom. The third-order valence-electron chi connectivity index (χ3n) is 8.07. The number of nitrogens with zero attached hydrogens (tertiary/aromatic N) is 1. The first-order valence-electron chi connectivity index (χ1n) is 13.9. The van der Waals surface area contributed by atoms with Crippen molar-refractivity contribution in [2.24, 2.45) is 5.92 Å². The quantitative estimate of drug-likeness (QED) is 0.185. The maximum Gasteiger partial charge on any atom is 0.255 e. The summed E-state index contributed by atoms with van der Waals surface area (Å²) in [5, 5.41) is 28.5. The molecular weight excluding hydrogens is 611 g/mol. The summed E-state index contributed by atoms with van der Waals surface area (Å²) < 4.78 is 76.6. The van der Waals surface area contributed by atoms with E-state index in [0.717, 1.165) is 4.90 Å². The van der Waals surface area contributed by atoms with Crippen molar-refractivity contribution in [2.75, 3.05) is 13.7 Å². The molecule has 45 heavy (non-hydrogen) atoms. The lowest BCUT2D eigenvalue weighted by atomic mass is 9.89. The van der Waals surface area contributed by atoms with Gasteiger partial charge < -0.3 is 35.8 Å². The van der Waals surface area contributed by atoms with E-state index in [-0.39, 0.29) is 12.2 Å². The Morgan fingerprint density at radius 1 is 0.978 bits per heavy atom. The van der Waals surface area contributed by atoms with E-state index in [1.54, 1.807) is 0 Å². The topological polar surface area (TPSA) is 157 Å². The number of aliphatic hydroxyl groups is 1. The third-order valence-corrected chi connectivity index (χ3v) is 8.07. The molecule has 4 amide bonds. The fraction of sp³-hybridized carbons (Fsp3) is 0.448. The summed E-state index contributed by atoms with van der Waals surface area (Å²) in [4.78, 5) is 54.6. The minimum Gasteiger partial charge on any atom is -0.507 e. The summed E-state index contributed by atoms with van der Waals surface area (Å²) in [5.74, 6) is -17.0. The first-order valence-corrected chi connectivity index (χ1v) is 13.9. The molecule has 2 aliphatic heterocycles. The van der Waals surface area contributed by atoms with Crippen LogP contribution in [0.3, 0.4) is 0 Å². The number of para-hydroxylation sites is 1. The van der Waals surface area contributed by atoms with Crippen LogP contribution in [0.15, 0.2) is 24.3 Å². The van der Waals surface area contributed by atoms with Gasteiger partial charge in [-0.05, 0) is 25.5 Å². The molecular formula is C29H31F5N4O7. The Balaban J connectivity index is 1.78. The molecule has 2 aromatic carbocycles. The van der Waals surface area contributed by atoms with E-state index >= 15 is 0 Å². The highest BCUT2D eigenvalue weighted by Gasteiger charge is 2.45. The van der Waals surface area contributed by atoms with Crippen LogP contribution in [0.2, 0.25) is 0 Å². The predicted octanol–water partition coefficient (Wildman–Crippen LogP) is 1.04. The van der Waals surface area contributed by atoms with Gasteiger partial charge in [-0.3, -0.25) is 19.2 Å². The lowest BCUT2D eigenvalue weighted by Gasteiger charge is -2.41. The predicted molar refractivity (Wildman–Crippen MR) is 145 cm³/mol. The van der Waals surface area contributed by atoms with Crippen LogP contribution in [0.4, 0.5) is 22.0 Å². The van der Waals surface area contributed by atoms with Crippen LogP contribution in [-0.4, -0.2) is 88.8 Å². The molecule has 2 aromatic rings. The number of halogens is 5. The molecule has 11 nitrogen and oxygen atoms in total. The molecule has 2 saturated heterocycles. The van der Waals surface area contributed by atoms with Crippen LogP contribution in [-0.2, 0) is 25.5 Å². The van der Waals surface area contributed by atoms with Crippen molar-refractivity contribution in [1.82, 2.24) is 20.9 Å². The summed E-state index contributed by atoms with van der Waals surface area (Å²) in [7, 11) is 1.25. The van der Waals surface area contributed by atoms with E-state index in [1.165, 1.54) is 45.2 Å². The number of phenols is 1. The SMILES string of the molecule is C[C@H]1NC(=O)C(C2CCO2)N(C)C(=O)[C@H](C)[C@H](O)[C@H](Cc2c(F)c(F)c(F)c(F)c2F)NC(=O)[C@H]1NC(=O)c1ccccc1O. The summed E-state index contributed by atoms with van der Waals surface area (Å²) in [5.41, 5.74) is -1.62. The van der Waals surface area contributed by atoms with Gasteiger partial charge in [0.1, 0.15) is 17.8 Å². The van der Waals surface area contributed by atoms with Crippen molar-refractivity contribution in [3.63, 3.8) is 0 Å². The van der Waals surface area contributed by atoms with E-state index < -0.39 is 113 Å². The number of rotatable bonds is 5. The van der Waals surface area contributed by atoms with Gasteiger partial charge in [0.15, 0.2) is 23.3 Å². The van der Waals surface area contributed by atoms with Crippen molar-refractivity contribution in [1.29, 1.82) is 0 Å². The molecule has 2 unspecified atom stereocenters. The molecule has 5 N–H and O–H groups in total. The third kappa shape index (κ3) is 6.56. The molecule has 16 heteroatoms. The molecule has 0 radical (unpaired) electrons. The monoisotopic (exact) mass is 642 g/mol. The fourth-order valence-corrected chi connectivity index (χ4v) is 5.32. The molecule has 2 fully saturated rings. The number of ether oxygens (including phenoxy) is 1. The molecule has 0 bridgehead atoms. The highest BCUT2D eigenvalue weighted by Crippen LogP contribution is 2.27. The number of aromatic hydroxyl groups is 1. The van der Waals surface area contributed by atoms with Crippen LogP contribution >= 0.6 is 0 Å². The number of hydrogen-bond acceptors (Lipinski definition) is 7. The van der Waals surface area contributed by atoms with Crippen LogP contribution in [0, 0.1) is 35.0 Å². The van der Waals surface area contributed by atoms with Gasteiger partial charge in [-0.25, -0.2) is 22.0 Å². The average Bonchev–Trinajstić information content (AvgIpc) is 2.98. The number of aliphatic hydroxyl groups excluding tert-OH is 1. The normalized spacial score (nSPS) is 27.9. The van der Waals surface area contributed by atoms with E-state index in [9.17, 15) is 51.3 Å². The molecule has 7 atom stereocenters. The van der Waals surface area contributed by atoms with E-state index in [2.05, 4.69) is 16.0 Å². The van der Waals surface area contributed by atoms with E-state index in [0.29, 0.717) is 6.42 Å². The number of carbonyl (C=O) groups is 4. The Labute approximate surface area is 253 Å². The zero-order valence-electron chi connectivity index (χ0n) is 24.2. The van der Waals surface area contributed by atoms with Crippen molar-refractivity contribution < 1.29 is 56.1 Å². The zero-order chi connectivity index (χ0) is 33.3. The number of likely N-dealkylation sites (N-methyl/N-ethyl adjacent to an activating group) is 1. The molecule has 2 heterocycles. The van der Waals surface area contributed by atoms with Crippen molar-refractivity contribution in [3.8, 4) is 5.75 Å². The van der Waals surface area contributed by atoms with Crippen LogP contribution in [0.5, 0.6) is 5.75 Å². The number of amides is 4. The van der Waals surface area contributed by atoms with Gasteiger partial charge in [-0.15, -0.1) is 0 Å². The number of phenolic OH excluding ortho intramolecular Hbond substituents is 1. The largest absolute Gasteiger partial charge is 0.507 e. The Morgan fingerprint density at radius 3 is 2.11 bits per heavy atom. The van der Waals surface area contributed by atoms with Gasteiger partial charge in [0, 0.05) is 25.6 Å². The molecule has 4 rings (SSSR count). The number of hydrogen-bond donors (Lipinski definition) is 5. The highest BCUT2D eigenvalue weighted by molar-refractivity contribution is 6.00. The van der Waals surface area contributed by atoms with Crippen LogP contribution < -0.4 is 16.0 Å². The van der Waals surface area contributed by atoms with E-state index in [1.807, 2.05) is 0 Å². The van der Waals surface area contributed by atoms with Crippen molar-refractivity contribution in [2.45, 2.75) is 63.1 Å². The summed E-state index contributed by atoms with van der Waals surface area (Å²) in [6, 6.07) is -0.775. The number of nitrogens with one attached hydrogen (secondary N) is 3. The maximum absolute atomic E-state index is 14.7. The summed E-state index contributed by atoms with van der Waals surface area (Å²) in [6.45, 7) is 2.79. The summed E-state index contributed by atoms with van der Waals surface area (Å²) in [6.07, 6.45) is -3.58. The maximum atomic E-state index is 14.7. The van der Waals surface area contributed by atoms with Gasteiger partial charge in [0.05, 0.1) is 35.8 Å². The first kappa shape index (κ1) is 33.6. The van der Waals surface area contributed by atoms with Gasteiger partial charge in [0.2, 0.25) is 23.5 Å². The Kier molecular flexibility index (Phi) is 9.97. The van der Waals surface area contributed by atoms with Crippen molar-refractivity contribution >= 4 is 23.6 Å². The Bertz CT molecular complexity index is 1480. The van der Waals surface area contributed by atoms with E-state index in [4.69, 9.17) is 4.74 Å². The highest BCUT2D eigenvalue weighted by atomic mass is 19.2. The second-order valence-corrected chi connectivity index (χ2v) is 11.0. The second kappa shape index (κ2) is 13.4. The average molecular weight is 643 g/mol. The Hall–Kier alpha value is -4.31.